The Balaban J connectivity index is 1.92. The molecule has 0 fully saturated rings. The van der Waals surface area contributed by atoms with Crippen LogP contribution in [0.3, 0.4) is 0 Å². The number of benzene rings is 1. The van der Waals surface area contributed by atoms with Gasteiger partial charge in [-0.25, -0.2) is 9.37 Å². The van der Waals surface area contributed by atoms with Gasteiger partial charge in [0.15, 0.2) is 11.6 Å². The molecule has 0 aliphatic carbocycles. The summed E-state index contributed by atoms with van der Waals surface area (Å²) in [5, 5.41) is 6.27. The van der Waals surface area contributed by atoms with Crippen molar-refractivity contribution in [3.8, 4) is 5.75 Å². The van der Waals surface area contributed by atoms with Crippen LogP contribution in [0, 0.1) is 5.82 Å². The Morgan fingerprint density at radius 1 is 1.52 bits per heavy atom. The second-order valence-corrected chi connectivity index (χ2v) is 5.25. The molecule has 1 heterocycles. The fourth-order valence-electron chi connectivity index (χ4n) is 1.72. The number of ether oxygens (including phenoxy) is 2. The number of carbonyl (C=O) groups excluding carboxylic acids is 1. The SMILES string of the molecule is CCOC(=O)Cc1csc(NN=Cc2ccc(OC)c(F)c2)n1. The largest absolute Gasteiger partial charge is 0.494 e. The molecule has 0 radical (unpaired) electrons. The molecule has 8 heteroatoms. The average Bonchev–Trinajstić information content (AvgIpc) is 2.95. The molecule has 0 atom stereocenters. The van der Waals surface area contributed by atoms with Crippen LogP contribution >= 0.6 is 11.3 Å². The summed E-state index contributed by atoms with van der Waals surface area (Å²) >= 11 is 1.32. The van der Waals surface area contributed by atoms with Gasteiger partial charge in [0.05, 0.1) is 32.0 Å². The number of methoxy groups -OCH3 is 1. The first-order valence-corrected chi connectivity index (χ1v) is 7.73. The number of halogens is 1. The average molecular weight is 337 g/mol. The number of carbonyl (C=O) groups is 1. The van der Waals surface area contributed by atoms with Gasteiger partial charge in [0.25, 0.3) is 0 Å². The van der Waals surface area contributed by atoms with E-state index >= 15 is 0 Å². The number of thiazole rings is 1. The zero-order valence-electron chi connectivity index (χ0n) is 12.7. The summed E-state index contributed by atoms with van der Waals surface area (Å²) in [6.45, 7) is 2.10. The summed E-state index contributed by atoms with van der Waals surface area (Å²) in [6.07, 6.45) is 1.59. The Bertz CT molecular complexity index is 703. The van der Waals surface area contributed by atoms with Gasteiger partial charge >= 0.3 is 5.97 Å². The molecule has 23 heavy (non-hydrogen) atoms. The van der Waals surface area contributed by atoms with Crippen LogP contribution < -0.4 is 10.2 Å². The van der Waals surface area contributed by atoms with Gasteiger partial charge in [-0.2, -0.15) is 5.10 Å². The summed E-state index contributed by atoms with van der Waals surface area (Å²) in [4.78, 5) is 15.6. The van der Waals surface area contributed by atoms with E-state index in [9.17, 15) is 9.18 Å². The van der Waals surface area contributed by atoms with Crippen LogP contribution in [0.1, 0.15) is 18.2 Å². The van der Waals surface area contributed by atoms with Gasteiger partial charge in [0, 0.05) is 5.38 Å². The summed E-state index contributed by atoms with van der Waals surface area (Å²) in [5.41, 5.74) is 3.93. The number of nitrogens with one attached hydrogen (secondary N) is 1. The number of anilines is 1. The first-order chi connectivity index (χ1) is 11.1. The van der Waals surface area contributed by atoms with Gasteiger partial charge < -0.3 is 9.47 Å². The van der Waals surface area contributed by atoms with Crippen molar-refractivity contribution < 1.29 is 18.7 Å². The van der Waals surface area contributed by atoms with Crippen molar-refractivity contribution in [3.05, 3.63) is 40.7 Å². The van der Waals surface area contributed by atoms with Crippen molar-refractivity contribution in [2.24, 2.45) is 5.10 Å². The molecule has 0 unspecified atom stereocenters. The van der Waals surface area contributed by atoms with Gasteiger partial charge in [-0.3, -0.25) is 10.2 Å². The molecule has 0 bridgehead atoms. The third-order valence-electron chi connectivity index (χ3n) is 2.73. The van der Waals surface area contributed by atoms with Gasteiger partial charge in [0.2, 0.25) is 5.13 Å². The Morgan fingerprint density at radius 2 is 2.35 bits per heavy atom. The second-order valence-electron chi connectivity index (χ2n) is 4.39. The lowest BCUT2D eigenvalue weighted by Gasteiger charge is -2.01. The Morgan fingerprint density at radius 3 is 3.04 bits per heavy atom. The predicted molar refractivity (Wildman–Crippen MR) is 86.6 cm³/mol. The Labute approximate surface area is 137 Å². The number of aromatic nitrogens is 1. The third-order valence-corrected chi connectivity index (χ3v) is 3.53. The fraction of sp³-hybridized carbons (Fsp3) is 0.267. The third kappa shape index (κ3) is 5.03. The van der Waals surface area contributed by atoms with E-state index in [-0.39, 0.29) is 18.1 Å². The number of hydrazone groups is 1. The Kier molecular flexibility index (Phi) is 6.04. The second kappa shape index (κ2) is 8.23. The van der Waals surface area contributed by atoms with Crippen molar-refractivity contribution in [1.29, 1.82) is 0 Å². The molecule has 6 nitrogen and oxygen atoms in total. The van der Waals surface area contributed by atoms with Crippen LogP contribution in [-0.2, 0) is 16.0 Å². The highest BCUT2D eigenvalue weighted by atomic mass is 32.1. The number of hydrogen-bond donors (Lipinski definition) is 1. The molecule has 1 N–H and O–H groups in total. The maximum absolute atomic E-state index is 13.5. The van der Waals surface area contributed by atoms with Crippen LogP contribution in [0.2, 0.25) is 0 Å². The first kappa shape index (κ1) is 16.9. The molecule has 0 aliphatic rings. The predicted octanol–water partition coefficient (Wildman–Crippen LogP) is 2.84. The molecule has 0 saturated carbocycles. The molecule has 1 aromatic heterocycles. The van der Waals surface area contributed by atoms with Crippen LogP contribution in [-0.4, -0.2) is 30.9 Å². The standard InChI is InChI=1S/C15H16FN3O3S/c1-3-22-14(20)7-11-9-23-15(18-11)19-17-8-10-4-5-13(21-2)12(16)6-10/h4-6,8-9H,3,7H2,1-2H3,(H,18,19). The summed E-state index contributed by atoms with van der Waals surface area (Å²) in [6, 6.07) is 4.52. The van der Waals surface area contributed by atoms with E-state index in [1.165, 1.54) is 36.8 Å². The van der Waals surface area contributed by atoms with Crippen LogP contribution in [0.25, 0.3) is 0 Å². The molecule has 0 aliphatic heterocycles. The van der Waals surface area contributed by atoms with Crippen LogP contribution in [0.4, 0.5) is 9.52 Å². The minimum Gasteiger partial charge on any atom is -0.494 e. The highest BCUT2D eigenvalue weighted by Gasteiger charge is 2.08. The molecule has 1 aromatic carbocycles. The normalized spacial score (nSPS) is 10.7. The summed E-state index contributed by atoms with van der Waals surface area (Å²) in [5.74, 6) is -0.595. The van der Waals surface area contributed by atoms with E-state index < -0.39 is 5.82 Å². The van der Waals surface area contributed by atoms with Crippen molar-refractivity contribution in [2.45, 2.75) is 13.3 Å². The first-order valence-electron chi connectivity index (χ1n) is 6.85. The maximum Gasteiger partial charge on any atom is 0.311 e. The zero-order valence-corrected chi connectivity index (χ0v) is 13.5. The lowest BCUT2D eigenvalue weighted by molar-refractivity contribution is -0.142. The van der Waals surface area contributed by atoms with E-state index in [1.807, 2.05) is 0 Å². The summed E-state index contributed by atoms with van der Waals surface area (Å²) in [7, 11) is 1.41. The number of nitrogens with zero attached hydrogens (tertiary/aromatic N) is 2. The van der Waals surface area contributed by atoms with E-state index in [1.54, 1.807) is 18.4 Å². The van der Waals surface area contributed by atoms with Crippen molar-refractivity contribution in [3.63, 3.8) is 0 Å². The molecule has 122 valence electrons. The minimum absolute atomic E-state index is 0.124. The summed E-state index contributed by atoms with van der Waals surface area (Å²) < 4.78 is 23.2. The zero-order chi connectivity index (χ0) is 16.7. The topological polar surface area (TPSA) is 72.8 Å². The van der Waals surface area contributed by atoms with Crippen molar-refractivity contribution in [2.75, 3.05) is 19.1 Å². The van der Waals surface area contributed by atoms with Crippen molar-refractivity contribution >= 4 is 28.7 Å². The van der Waals surface area contributed by atoms with E-state index in [0.717, 1.165) is 0 Å². The molecule has 2 aromatic rings. The fourth-order valence-corrected chi connectivity index (χ4v) is 2.38. The van der Waals surface area contributed by atoms with Gasteiger partial charge in [-0.05, 0) is 30.7 Å². The highest BCUT2D eigenvalue weighted by molar-refractivity contribution is 7.13. The maximum atomic E-state index is 13.5. The van der Waals surface area contributed by atoms with E-state index in [2.05, 4.69) is 15.5 Å². The van der Waals surface area contributed by atoms with Crippen molar-refractivity contribution in [1.82, 2.24) is 4.98 Å². The van der Waals surface area contributed by atoms with Gasteiger partial charge in [0.1, 0.15) is 0 Å². The van der Waals surface area contributed by atoms with Crippen LogP contribution in [0.15, 0.2) is 28.7 Å². The van der Waals surface area contributed by atoms with E-state index in [4.69, 9.17) is 9.47 Å². The number of hydrogen-bond acceptors (Lipinski definition) is 7. The number of rotatable bonds is 7. The lowest BCUT2D eigenvalue weighted by atomic mass is 10.2. The molecule has 0 saturated heterocycles. The quantitative estimate of drug-likeness (QED) is 0.478. The highest BCUT2D eigenvalue weighted by Crippen LogP contribution is 2.18. The molecule has 0 amide bonds. The molecular formula is C15H16FN3O3S. The minimum atomic E-state index is -0.456. The lowest BCUT2D eigenvalue weighted by Crippen LogP contribution is -2.07. The van der Waals surface area contributed by atoms with Crippen LogP contribution in [0.5, 0.6) is 5.75 Å². The Hall–Kier alpha value is -2.48. The smallest absolute Gasteiger partial charge is 0.311 e. The molecular weight excluding hydrogens is 321 g/mol. The molecule has 2 rings (SSSR count). The monoisotopic (exact) mass is 337 g/mol. The van der Waals surface area contributed by atoms with Gasteiger partial charge in [-0.1, -0.05) is 0 Å². The van der Waals surface area contributed by atoms with Gasteiger partial charge in [-0.15, -0.1) is 11.3 Å². The number of esters is 1. The molecule has 0 spiro atoms. The van der Waals surface area contributed by atoms with E-state index in [0.29, 0.717) is 23.0 Å².